The van der Waals surface area contributed by atoms with Crippen LogP contribution >= 0.6 is 11.6 Å². The first kappa shape index (κ1) is 20.2. The Hall–Kier alpha value is -3.11. The first-order valence-corrected chi connectivity index (χ1v) is 8.50. The Bertz CT molecular complexity index is 910. The maximum atomic E-state index is 13.8. The molecule has 0 spiro atoms. The summed E-state index contributed by atoms with van der Waals surface area (Å²) >= 11 is 6.20. The van der Waals surface area contributed by atoms with E-state index in [2.05, 4.69) is 10.5 Å². The van der Waals surface area contributed by atoms with Gasteiger partial charge in [0.1, 0.15) is 5.82 Å². The second-order valence-corrected chi connectivity index (χ2v) is 5.60. The van der Waals surface area contributed by atoms with Crippen LogP contribution in [0.5, 0.6) is 11.5 Å². The molecule has 140 valence electrons. The van der Waals surface area contributed by atoms with E-state index in [9.17, 15) is 9.18 Å². The summed E-state index contributed by atoms with van der Waals surface area (Å²) in [6.45, 7) is 4.57. The molecule has 0 aromatic heterocycles. The van der Waals surface area contributed by atoms with E-state index in [1.54, 1.807) is 18.2 Å². The van der Waals surface area contributed by atoms with Crippen molar-refractivity contribution in [3.05, 3.63) is 57.9 Å². The van der Waals surface area contributed by atoms with Crippen molar-refractivity contribution in [1.82, 2.24) is 5.43 Å². The Morgan fingerprint density at radius 2 is 1.93 bits per heavy atom. The molecule has 1 amide bonds. The highest BCUT2D eigenvalue weighted by molar-refractivity contribution is 6.33. The van der Waals surface area contributed by atoms with Crippen molar-refractivity contribution in [2.45, 2.75) is 13.8 Å². The number of nitriles is 1. The molecular weight excluding hydrogens is 373 g/mol. The molecule has 0 saturated heterocycles. The van der Waals surface area contributed by atoms with Crippen molar-refractivity contribution in [1.29, 1.82) is 5.26 Å². The quantitative estimate of drug-likeness (QED) is 0.574. The third kappa shape index (κ3) is 5.19. The van der Waals surface area contributed by atoms with E-state index in [1.165, 1.54) is 18.3 Å². The van der Waals surface area contributed by atoms with Crippen LogP contribution in [0.25, 0.3) is 0 Å². The minimum atomic E-state index is -0.806. The van der Waals surface area contributed by atoms with Crippen LogP contribution < -0.4 is 14.9 Å². The van der Waals surface area contributed by atoms with E-state index in [-0.39, 0.29) is 11.1 Å². The third-order valence-corrected chi connectivity index (χ3v) is 3.70. The minimum absolute atomic E-state index is 0.122. The summed E-state index contributed by atoms with van der Waals surface area (Å²) in [4.78, 5) is 12.0. The molecular formula is C19H17ClFN3O3. The summed E-state index contributed by atoms with van der Waals surface area (Å²) < 4.78 is 24.8. The van der Waals surface area contributed by atoms with Crippen molar-refractivity contribution < 1.29 is 18.7 Å². The molecule has 0 fully saturated rings. The Balaban J connectivity index is 2.17. The van der Waals surface area contributed by atoms with Gasteiger partial charge in [-0.1, -0.05) is 11.6 Å². The zero-order valence-corrected chi connectivity index (χ0v) is 15.5. The zero-order valence-electron chi connectivity index (χ0n) is 14.8. The van der Waals surface area contributed by atoms with Gasteiger partial charge in [-0.05, 0) is 38.1 Å². The second-order valence-electron chi connectivity index (χ2n) is 5.19. The summed E-state index contributed by atoms with van der Waals surface area (Å²) in [5, 5.41) is 12.9. The fourth-order valence-corrected chi connectivity index (χ4v) is 2.38. The number of amides is 1. The number of ether oxygens (including phenoxy) is 2. The molecule has 0 radical (unpaired) electrons. The van der Waals surface area contributed by atoms with Gasteiger partial charge in [0.05, 0.1) is 41.6 Å². The van der Waals surface area contributed by atoms with Crippen molar-refractivity contribution in [3.63, 3.8) is 0 Å². The number of rotatable bonds is 7. The summed E-state index contributed by atoms with van der Waals surface area (Å²) in [7, 11) is 0. The normalized spacial score (nSPS) is 10.5. The van der Waals surface area contributed by atoms with Crippen LogP contribution in [0.2, 0.25) is 5.02 Å². The molecule has 6 nitrogen and oxygen atoms in total. The Morgan fingerprint density at radius 1 is 1.26 bits per heavy atom. The van der Waals surface area contributed by atoms with E-state index in [4.69, 9.17) is 26.3 Å². The van der Waals surface area contributed by atoms with Crippen LogP contribution in [0, 0.1) is 17.1 Å². The highest BCUT2D eigenvalue weighted by Gasteiger charge is 2.12. The lowest BCUT2D eigenvalue weighted by Gasteiger charge is -2.12. The minimum Gasteiger partial charge on any atom is -0.490 e. The van der Waals surface area contributed by atoms with Crippen molar-refractivity contribution in [2.75, 3.05) is 13.2 Å². The molecule has 27 heavy (non-hydrogen) atoms. The van der Waals surface area contributed by atoms with Gasteiger partial charge in [-0.2, -0.15) is 10.4 Å². The molecule has 0 atom stereocenters. The van der Waals surface area contributed by atoms with Crippen molar-refractivity contribution in [3.8, 4) is 17.6 Å². The van der Waals surface area contributed by atoms with Gasteiger partial charge in [0, 0.05) is 11.6 Å². The van der Waals surface area contributed by atoms with Crippen LogP contribution in [0.1, 0.15) is 35.3 Å². The number of hydrogen-bond donors (Lipinski definition) is 1. The number of benzene rings is 2. The number of halogens is 2. The van der Waals surface area contributed by atoms with Gasteiger partial charge in [0.2, 0.25) is 0 Å². The van der Waals surface area contributed by atoms with E-state index in [1.807, 2.05) is 13.8 Å². The van der Waals surface area contributed by atoms with Gasteiger partial charge in [0.15, 0.2) is 11.5 Å². The summed E-state index contributed by atoms with van der Waals surface area (Å²) in [5.41, 5.74) is 2.61. The van der Waals surface area contributed by atoms with Crippen LogP contribution in [0.4, 0.5) is 4.39 Å². The topological polar surface area (TPSA) is 83.7 Å². The number of nitrogens with zero attached hydrogens (tertiary/aromatic N) is 2. The number of hydrogen-bond acceptors (Lipinski definition) is 5. The zero-order chi connectivity index (χ0) is 19.8. The highest BCUT2D eigenvalue weighted by atomic mass is 35.5. The van der Waals surface area contributed by atoms with Gasteiger partial charge in [-0.25, -0.2) is 9.82 Å². The average Bonchev–Trinajstić information content (AvgIpc) is 2.65. The lowest BCUT2D eigenvalue weighted by Crippen LogP contribution is -2.19. The van der Waals surface area contributed by atoms with Gasteiger partial charge in [-0.3, -0.25) is 4.79 Å². The largest absolute Gasteiger partial charge is 0.490 e. The molecule has 1 N–H and O–H groups in total. The van der Waals surface area contributed by atoms with E-state index in [0.717, 1.165) is 6.07 Å². The Morgan fingerprint density at radius 3 is 2.52 bits per heavy atom. The number of carbonyl (C=O) groups is 1. The van der Waals surface area contributed by atoms with Crippen molar-refractivity contribution in [2.24, 2.45) is 5.10 Å². The summed E-state index contributed by atoms with van der Waals surface area (Å²) in [5.74, 6) is -0.556. The fourth-order valence-electron chi connectivity index (χ4n) is 2.18. The molecule has 8 heteroatoms. The van der Waals surface area contributed by atoms with Crippen LogP contribution in [-0.4, -0.2) is 25.3 Å². The molecule has 0 aliphatic carbocycles. The van der Waals surface area contributed by atoms with Crippen LogP contribution in [0.3, 0.4) is 0 Å². The number of nitrogens with one attached hydrogen (secondary N) is 1. The number of hydrazone groups is 1. The fraction of sp³-hybridized carbons (Fsp3) is 0.211. The molecule has 0 heterocycles. The molecule has 0 aliphatic heterocycles. The van der Waals surface area contributed by atoms with E-state index < -0.39 is 11.7 Å². The predicted octanol–water partition coefficient (Wildman–Crippen LogP) is 3.91. The summed E-state index contributed by atoms with van der Waals surface area (Å²) in [6, 6.07) is 8.57. The monoisotopic (exact) mass is 389 g/mol. The molecule has 0 bridgehead atoms. The number of carbonyl (C=O) groups excluding carboxylic acids is 1. The molecule has 0 unspecified atom stereocenters. The van der Waals surface area contributed by atoms with Crippen LogP contribution in [-0.2, 0) is 0 Å². The molecule has 2 aromatic carbocycles. The van der Waals surface area contributed by atoms with Gasteiger partial charge >= 0.3 is 0 Å². The smallest absolute Gasteiger partial charge is 0.274 e. The SMILES string of the molecule is CCOc1cc(Cl)c(/C=N\NC(=O)c2ccc(C#N)cc2F)cc1OCC. The first-order chi connectivity index (χ1) is 13.0. The second kappa shape index (κ2) is 9.55. The molecule has 2 aromatic rings. The Labute approximate surface area is 161 Å². The van der Waals surface area contributed by atoms with Gasteiger partial charge in [-0.15, -0.1) is 0 Å². The lowest BCUT2D eigenvalue weighted by atomic mass is 10.1. The third-order valence-electron chi connectivity index (χ3n) is 3.38. The highest BCUT2D eigenvalue weighted by Crippen LogP contribution is 2.33. The average molecular weight is 390 g/mol. The maximum absolute atomic E-state index is 13.8. The lowest BCUT2D eigenvalue weighted by molar-refractivity contribution is 0.0951. The predicted molar refractivity (Wildman–Crippen MR) is 100.0 cm³/mol. The molecule has 0 aliphatic rings. The van der Waals surface area contributed by atoms with E-state index >= 15 is 0 Å². The molecule has 0 saturated carbocycles. The Kier molecular flexibility index (Phi) is 7.15. The summed E-state index contributed by atoms with van der Waals surface area (Å²) in [6.07, 6.45) is 1.32. The van der Waals surface area contributed by atoms with Crippen molar-refractivity contribution >= 4 is 23.7 Å². The van der Waals surface area contributed by atoms with E-state index in [0.29, 0.717) is 35.3 Å². The van der Waals surface area contributed by atoms with Gasteiger partial charge < -0.3 is 9.47 Å². The van der Waals surface area contributed by atoms with Gasteiger partial charge in [0.25, 0.3) is 5.91 Å². The standard InChI is InChI=1S/C19H17ClFN3O3/c1-3-26-17-8-13(15(20)9-18(17)27-4-2)11-23-24-19(25)14-6-5-12(10-22)7-16(14)21/h5-9,11H,3-4H2,1-2H3,(H,24,25)/b23-11-. The van der Waals surface area contributed by atoms with Crippen LogP contribution in [0.15, 0.2) is 35.4 Å². The maximum Gasteiger partial charge on any atom is 0.274 e. The first-order valence-electron chi connectivity index (χ1n) is 8.12. The molecule has 2 rings (SSSR count).